The Kier molecular flexibility index (Phi) is 2.78. The lowest BCUT2D eigenvalue weighted by Crippen LogP contribution is -2.53. The number of nitrogens with zero attached hydrogens (tertiary/aromatic N) is 1. The largest absolute Gasteiger partial charge is 0.468 e. The zero-order valence-corrected chi connectivity index (χ0v) is 9.23. The van der Waals surface area contributed by atoms with Gasteiger partial charge >= 0.3 is 5.97 Å². The van der Waals surface area contributed by atoms with Gasteiger partial charge in [-0.2, -0.15) is 0 Å². The first kappa shape index (κ1) is 10.6. The molecule has 2 aliphatic rings. The smallest absolute Gasteiger partial charge is 0.317 e. The second kappa shape index (κ2) is 3.93. The Balaban J connectivity index is 2.20. The van der Waals surface area contributed by atoms with E-state index < -0.39 is 5.92 Å². The van der Waals surface area contributed by atoms with Gasteiger partial charge in [0.15, 0.2) is 0 Å². The molecule has 15 heavy (non-hydrogen) atoms. The summed E-state index contributed by atoms with van der Waals surface area (Å²) in [4.78, 5) is 25.5. The van der Waals surface area contributed by atoms with Crippen LogP contribution in [-0.2, 0) is 14.3 Å². The van der Waals surface area contributed by atoms with E-state index in [0.717, 1.165) is 19.4 Å². The van der Waals surface area contributed by atoms with Crippen LogP contribution in [0.15, 0.2) is 0 Å². The van der Waals surface area contributed by atoms with Crippen molar-refractivity contribution in [2.24, 2.45) is 11.8 Å². The summed E-state index contributed by atoms with van der Waals surface area (Å²) < 4.78 is 4.71. The van der Waals surface area contributed by atoms with Crippen molar-refractivity contribution < 1.29 is 14.3 Å². The molecule has 0 aromatic rings. The third-order valence-electron chi connectivity index (χ3n) is 3.71. The van der Waals surface area contributed by atoms with Gasteiger partial charge < -0.3 is 9.64 Å². The van der Waals surface area contributed by atoms with E-state index in [-0.39, 0.29) is 17.8 Å². The molecule has 0 amide bonds. The topological polar surface area (TPSA) is 46.6 Å². The predicted octanol–water partition coefficient (Wildman–Crippen LogP) is 0.459. The Morgan fingerprint density at radius 3 is 2.93 bits per heavy atom. The summed E-state index contributed by atoms with van der Waals surface area (Å²) in [5.41, 5.74) is 0. The molecule has 4 nitrogen and oxygen atoms in total. The Morgan fingerprint density at radius 1 is 1.53 bits per heavy atom. The molecule has 1 saturated carbocycles. The number of ketones is 1. The summed E-state index contributed by atoms with van der Waals surface area (Å²) in [6.07, 6.45) is 2.60. The Morgan fingerprint density at radius 2 is 2.27 bits per heavy atom. The second-order valence-electron chi connectivity index (χ2n) is 4.61. The molecule has 0 aromatic carbocycles. The first-order valence-corrected chi connectivity index (χ1v) is 5.44. The number of rotatable bonds is 1. The predicted molar refractivity (Wildman–Crippen MR) is 54.3 cm³/mol. The number of fused-ring (bicyclic) bond motifs is 2. The standard InChI is InChI=1S/C11H17NO3/c1-12-4-3-7-5-8(12)10(9(13)6-7)11(14)15-2/h7-8,10H,3-6H2,1-2H3. The fourth-order valence-corrected chi connectivity index (χ4v) is 2.81. The summed E-state index contributed by atoms with van der Waals surface area (Å²) in [7, 11) is 3.33. The Labute approximate surface area is 89.6 Å². The van der Waals surface area contributed by atoms with Crippen LogP contribution in [0.4, 0.5) is 0 Å². The normalized spacial score (nSPS) is 36.4. The van der Waals surface area contributed by atoms with Gasteiger partial charge in [-0.1, -0.05) is 0 Å². The van der Waals surface area contributed by atoms with Crippen molar-refractivity contribution in [3.05, 3.63) is 0 Å². The second-order valence-corrected chi connectivity index (χ2v) is 4.61. The van der Waals surface area contributed by atoms with Crippen LogP contribution in [0.5, 0.6) is 0 Å². The minimum absolute atomic E-state index is 0.0645. The van der Waals surface area contributed by atoms with E-state index >= 15 is 0 Å². The highest BCUT2D eigenvalue weighted by Crippen LogP contribution is 2.35. The van der Waals surface area contributed by atoms with Crippen LogP contribution in [0.2, 0.25) is 0 Å². The number of likely N-dealkylation sites (tertiary alicyclic amines) is 1. The molecular formula is C11H17NO3. The van der Waals surface area contributed by atoms with Crippen molar-refractivity contribution in [2.45, 2.75) is 25.3 Å². The van der Waals surface area contributed by atoms with Crippen molar-refractivity contribution in [1.29, 1.82) is 0 Å². The van der Waals surface area contributed by atoms with Gasteiger partial charge in [-0.3, -0.25) is 9.59 Å². The van der Waals surface area contributed by atoms with Crippen LogP contribution < -0.4 is 0 Å². The van der Waals surface area contributed by atoms with Crippen molar-refractivity contribution in [2.75, 3.05) is 20.7 Å². The summed E-state index contributed by atoms with van der Waals surface area (Å²) in [5, 5.41) is 0. The van der Waals surface area contributed by atoms with Gasteiger partial charge in [0.1, 0.15) is 11.7 Å². The minimum Gasteiger partial charge on any atom is -0.468 e. The summed E-state index contributed by atoms with van der Waals surface area (Å²) in [5.74, 6) is -0.358. The van der Waals surface area contributed by atoms with Gasteiger partial charge in [0.25, 0.3) is 0 Å². The molecule has 1 aliphatic carbocycles. The van der Waals surface area contributed by atoms with E-state index in [9.17, 15) is 9.59 Å². The number of methoxy groups -OCH3 is 1. The van der Waals surface area contributed by atoms with E-state index in [1.54, 1.807) is 0 Å². The molecule has 4 heteroatoms. The van der Waals surface area contributed by atoms with Crippen molar-refractivity contribution in [3.8, 4) is 0 Å². The monoisotopic (exact) mass is 211 g/mol. The highest BCUT2D eigenvalue weighted by Gasteiger charge is 2.45. The lowest BCUT2D eigenvalue weighted by molar-refractivity contribution is -0.156. The van der Waals surface area contributed by atoms with Crippen molar-refractivity contribution >= 4 is 11.8 Å². The number of hydrogen-bond donors (Lipinski definition) is 0. The van der Waals surface area contributed by atoms with Gasteiger partial charge in [0.2, 0.25) is 0 Å². The number of carbonyl (C=O) groups excluding carboxylic acids is 2. The number of piperidine rings is 1. The molecule has 2 rings (SSSR count). The molecule has 0 aromatic heterocycles. The maximum atomic E-state index is 11.8. The molecule has 1 saturated heterocycles. The molecule has 0 radical (unpaired) electrons. The zero-order chi connectivity index (χ0) is 11.0. The Bertz CT molecular complexity index is 290. The molecule has 0 N–H and O–H groups in total. The number of hydrogen-bond acceptors (Lipinski definition) is 4. The lowest BCUT2D eigenvalue weighted by Gasteiger charge is -2.43. The van der Waals surface area contributed by atoms with Crippen LogP contribution >= 0.6 is 0 Å². The molecular weight excluding hydrogens is 194 g/mol. The van der Waals surface area contributed by atoms with E-state index in [1.807, 2.05) is 7.05 Å². The lowest BCUT2D eigenvalue weighted by atomic mass is 9.73. The average molecular weight is 211 g/mol. The molecule has 2 bridgehead atoms. The molecule has 84 valence electrons. The molecule has 0 spiro atoms. The van der Waals surface area contributed by atoms with Crippen LogP contribution in [0, 0.1) is 11.8 Å². The Hall–Kier alpha value is -0.900. The van der Waals surface area contributed by atoms with Gasteiger partial charge in [-0.05, 0) is 32.4 Å². The SMILES string of the molecule is COC(=O)C1C(=O)CC2CCN(C)C1C2. The molecule has 2 fully saturated rings. The van der Waals surface area contributed by atoms with E-state index in [4.69, 9.17) is 4.74 Å². The molecule has 3 unspecified atom stereocenters. The van der Waals surface area contributed by atoms with E-state index in [1.165, 1.54) is 7.11 Å². The van der Waals surface area contributed by atoms with Crippen molar-refractivity contribution in [3.63, 3.8) is 0 Å². The van der Waals surface area contributed by atoms with Gasteiger partial charge in [0, 0.05) is 12.5 Å². The average Bonchev–Trinajstić information content (AvgIpc) is 2.23. The first-order chi connectivity index (χ1) is 7.13. The zero-order valence-electron chi connectivity index (χ0n) is 9.23. The molecule has 1 heterocycles. The first-order valence-electron chi connectivity index (χ1n) is 5.44. The summed E-state index contributed by atoms with van der Waals surface area (Å²) in [6, 6.07) is 0.0671. The quantitative estimate of drug-likeness (QED) is 0.467. The van der Waals surface area contributed by atoms with Gasteiger partial charge in [0.05, 0.1) is 7.11 Å². The third-order valence-corrected chi connectivity index (χ3v) is 3.71. The fourth-order valence-electron chi connectivity index (χ4n) is 2.81. The third kappa shape index (κ3) is 1.78. The number of ether oxygens (including phenoxy) is 1. The van der Waals surface area contributed by atoms with E-state index in [2.05, 4.69) is 4.90 Å². The molecule has 3 atom stereocenters. The van der Waals surface area contributed by atoms with Crippen LogP contribution in [0.25, 0.3) is 0 Å². The minimum atomic E-state index is -0.545. The summed E-state index contributed by atoms with van der Waals surface area (Å²) >= 11 is 0. The van der Waals surface area contributed by atoms with Crippen LogP contribution in [0.1, 0.15) is 19.3 Å². The number of esters is 1. The molecule has 1 aliphatic heterocycles. The van der Waals surface area contributed by atoms with E-state index in [0.29, 0.717) is 12.3 Å². The maximum absolute atomic E-state index is 11.8. The fraction of sp³-hybridized carbons (Fsp3) is 0.818. The van der Waals surface area contributed by atoms with Gasteiger partial charge in [-0.25, -0.2) is 0 Å². The van der Waals surface area contributed by atoms with Gasteiger partial charge in [-0.15, -0.1) is 0 Å². The number of Topliss-reactive ketones (excluding diaryl/α,β-unsaturated/α-hetero) is 1. The maximum Gasteiger partial charge on any atom is 0.317 e. The van der Waals surface area contributed by atoms with Crippen LogP contribution in [0.3, 0.4) is 0 Å². The summed E-state index contributed by atoms with van der Waals surface area (Å²) in [6.45, 7) is 0.982. The number of carbonyl (C=O) groups is 2. The van der Waals surface area contributed by atoms with Crippen LogP contribution in [-0.4, -0.2) is 43.4 Å². The highest BCUT2D eigenvalue weighted by molar-refractivity contribution is 6.00. The highest BCUT2D eigenvalue weighted by atomic mass is 16.5. The van der Waals surface area contributed by atoms with Crippen molar-refractivity contribution in [1.82, 2.24) is 4.90 Å².